The number of ether oxygens (including phenoxy) is 1. The molecule has 0 aliphatic heterocycles. The van der Waals surface area contributed by atoms with Crippen molar-refractivity contribution in [1.82, 2.24) is 14.8 Å². The Morgan fingerprint density at radius 1 is 1.11 bits per heavy atom. The van der Waals surface area contributed by atoms with Crippen molar-refractivity contribution >= 4 is 35.0 Å². The van der Waals surface area contributed by atoms with Gasteiger partial charge >= 0.3 is 0 Å². The van der Waals surface area contributed by atoms with E-state index in [0.29, 0.717) is 22.3 Å². The molecule has 0 aliphatic carbocycles. The van der Waals surface area contributed by atoms with Crippen LogP contribution in [0.25, 0.3) is 0 Å². The molecule has 2 aromatic carbocycles. The fourth-order valence-electron chi connectivity index (χ4n) is 2.57. The Morgan fingerprint density at radius 3 is 2.48 bits per heavy atom. The molecule has 1 unspecified atom stereocenters. The number of rotatable bonds is 8. The zero-order valence-electron chi connectivity index (χ0n) is 14.8. The fourth-order valence-corrected chi connectivity index (χ4v) is 4.27. The minimum atomic E-state index is -0.252. The maximum Gasteiger partial charge on any atom is 0.191 e. The molecule has 1 atom stereocenters. The zero-order chi connectivity index (χ0) is 19.2. The van der Waals surface area contributed by atoms with Crippen LogP contribution in [0.15, 0.2) is 66.3 Å². The standard InChI is InChI=1S/C20H19Cl2N3OS/c1-3-12-25-19(14(2)26-15-8-5-4-6-9-15)23-24-20(25)27-13-16-17(21)10-7-11-18(16)22/h3-11,14H,1,12-13H2,2H3. The second kappa shape index (κ2) is 9.31. The zero-order valence-corrected chi connectivity index (χ0v) is 17.1. The summed E-state index contributed by atoms with van der Waals surface area (Å²) in [5.74, 6) is 2.13. The molecule has 0 bridgehead atoms. The van der Waals surface area contributed by atoms with E-state index in [4.69, 9.17) is 27.9 Å². The average molecular weight is 420 g/mol. The topological polar surface area (TPSA) is 39.9 Å². The monoisotopic (exact) mass is 419 g/mol. The van der Waals surface area contributed by atoms with Gasteiger partial charge in [0.25, 0.3) is 0 Å². The average Bonchev–Trinajstić information content (AvgIpc) is 3.05. The number of halogens is 2. The quantitative estimate of drug-likeness (QED) is 0.321. The Morgan fingerprint density at radius 2 is 1.81 bits per heavy atom. The van der Waals surface area contributed by atoms with Gasteiger partial charge in [-0.2, -0.15) is 0 Å². The summed E-state index contributed by atoms with van der Waals surface area (Å²) in [6.45, 7) is 6.38. The molecule has 0 N–H and O–H groups in total. The van der Waals surface area contributed by atoms with Crippen LogP contribution in [0.5, 0.6) is 5.75 Å². The summed E-state index contributed by atoms with van der Waals surface area (Å²) in [5, 5.41) is 10.7. The van der Waals surface area contributed by atoms with Gasteiger partial charge in [0.15, 0.2) is 17.1 Å². The molecular formula is C20H19Cl2N3OS. The Kier molecular flexibility index (Phi) is 6.83. The Hall–Kier alpha value is -1.95. The Labute approximate surface area is 173 Å². The molecule has 27 heavy (non-hydrogen) atoms. The van der Waals surface area contributed by atoms with E-state index >= 15 is 0 Å². The lowest BCUT2D eigenvalue weighted by molar-refractivity contribution is 0.210. The van der Waals surface area contributed by atoms with Crippen LogP contribution in [0, 0.1) is 0 Å². The minimum absolute atomic E-state index is 0.252. The van der Waals surface area contributed by atoms with E-state index in [0.717, 1.165) is 22.3 Å². The molecule has 0 fully saturated rings. The van der Waals surface area contributed by atoms with Crippen molar-refractivity contribution in [3.05, 3.63) is 82.6 Å². The molecule has 1 heterocycles. The van der Waals surface area contributed by atoms with Crippen molar-refractivity contribution in [2.45, 2.75) is 30.5 Å². The molecule has 0 spiro atoms. The molecular weight excluding hydrogens is 401 g/mol. The van der Waals surface area contributed by atoms with E-state index in [9.17, 15) is 0 Å². The van der Waals surface area contributed by atoms with Crippen molar-refractivity contribution in [3.8, 4) is 5.75 Å². The molecule has 3 aromatic rings. The summed E-state index contributed by atoms with van der Waals surface area (Å²) in [5.41, 5.74) is 0.883. The highest BCUT2D eigenvalue weighted by atomic mass is 35.5. The van der Waals surface area contributed by atoms with E-state index in [1.165, 1.54) is 11.8 Å². The highest BCUT2D eigenvalue weighted by molar-refractivity contribution is 7.98. The van der Waals surface area contributed by atoms with Gasteiger partial charge in [0.05, 0.1) is 0 Å². The summed E-state index contributed by atoms with van der Waals surface area (Å²) in [7, 11) is 0. The van der Waals surface area contributed by atoms with Crippen molar-refractivity contribution in [3.63, 3.8) is 0 Å². The SMILES string of the molecule is C=CCn1c(SCc2c(Cl)cccc2Cl)nnc1C(C)Oc1ccccc1. The first-order valence-electron chi connectivity index (χ1n) is 8.41. The molecule has 0 saturated heterocycles. The molecule has 7 heteroatoms. The van der Waals surface area contributed by atoms with Crippen molar-refractivity contribution < 1.29 is 4.74 Å². The third-order valence-electron chi connectivity index (χ3n) is 3.88. The van der Waals surface area contributed by atoms with E-state index in [-0.39, 0.29) is 6.10 Å². The van der Waals surface area contributed by atoms with Crippen molar-refractivity contribution in [2.75, 3.05) is 0 Å². The third-order valence-corrected chi connectivity index (χ3v) is 5.59. The van der Waals surface area contributed by atoms with Crippen LogP contribution in [0.1, 0.15) is 24.4 Å². The van der Waals surface area contributed by atoms with Crippen molar-refractivity contribution in [1.29, 1.82) is 0 Å². The molecule has 0 aliphatic rings. The van der Waals surface area contributed by atoms with Crippen LogP contribution in [0.2, 0.25) is 10.0 Å². The fraction of sp³-hybridized carbons (Fsp3) is 0.200. The maximum atomic E-state index is 6.27. The first-order chi connectivity index (χ1) is 13.1. The number of thioether (sulfide) groups is 1. The number of hydrogen-bond acceptors (Lipinski definition) is 4. The highest BCUT2D eigenvalue weighted by Crippen LogP contribution is 2.32. The summed E-state index contributed by atoms with van der Waals surface area (Å²) in [6.07, 6.45) is 1.56. The smallest absolute Gasteiger partial charge is 0.191 e. The number of aromatic nitrogens is 3. The van der Waals surface area contributed by atoms with Gasteiger partial charge in [-0.25, -0.2) is 0 Å². The van der Waals surface area contributed by atoms with Gasteiger partial charge in [-0.05, 0) is 36.8 Å². The van der Waals surface area contributed by atoms with Crippen LogP contribution >= 0.6 is 35.0 Å². The second-order valence-corrected chi connectivity index (χ2v) is 7.56. The second-order valence-electron chi connectivity index (χ2n) is 5.80. The molecule has 140 valence electrons. The summed E-state index contributed by atoms with van der Waals surface area (Å²) >= 11 is 14.1. The lowest BCUT2D eigenvalue weighted by atomic mass is 10.2. The van der Waals surface area contributed by atoms with Gasteiger partial charge in [0.2, 0.25) is 0 Å². The molecule has 4 nitrogen and oxygen atoms in total. The lowest BCUT2D eigenvalue weighted by Gasteiger charge is -2.15. The third kappa shape index (κ3) is 4.86. The van der Waals surface area contributed by atoms with Crippen LogP contribution in [-0.4, -0.2) is 14.8 Å². The summed E-state index contributed by atoms with van der Waals surface area (Å²) < 4.78 is 7.99. The number of para-hydroxylation sites is 1. The molecule has 0 radical (unpaired) electrons. The number of hydrogen-bond donors (Lipinski definition) is 0. The van der Waals surface area contributed by atoms with E-state index < -0.39 is 0 Å². The van der Waals surface area contributed by atoms with Gasteiger partial charge < -0.3 is 4.74 Å². The van der Waals surface area contributed by atoms with E-state index in [1.54, 1.807) is 0 Å². The lowest BCUT2D eigenvalue weighted by Crippen LogP contribution is -2.12. The predicted molar refractivity (Wildman–Crippen MR) is 112 cm³/mol. The van der Waals surface area contributed by atoms with Gasteiger partial charge in [0.1, 0.15) is 5.75 Å². The molecule has 0 amide bonds. The predicted octanol–water partition coefficient (Wildman–Crippen LogP) is 6.20. The maximum absolute atomic E-state index is 6.27. The Balaban J connectivity index is 1.79. The summed E-state index contributed by atoms with van der Waals surface area (Å²) in [6, 6.07) is 15.2. The van der Waals surface area contributed by atoms with E-state index in [1.807, 2.05) is 66.1 Å². The van der Waals surface area contributed by atoms with Crippen LogP contribution < -0.4 is 4.74 Å². The largest absolute Gasteiger partial charge is 0.483 e. The van der Waals surface area contributed by atoms with E-state index in [2.05, 4.69) is 16.8 Å². The molecule has 3 rings (SSSR count). The Bertz CT molecular complexity index is 895. The van der Waals surface area contributed by atoms with Crippen LogP contribution in [-0.2, 0) is 12.3 Å². The van der Waals surface area contributed by atoms with Crippen LogP contribution in [0.3, 0.4) is 0 Å². The molecule has 0 saturated carbocycles. The normalized spacial score (nSPS) is 12.0. The molecule has 1 aromatic heterocycles. The number of allylic oxidation sites excluding steroid dienone is 1. The van der Waals surface area contributed by atoms with Gasteiger partial charge in [-0.15, -0.1) is 16.8 Å². The van der Waals surface area contributed by atoms with Gasteiger partial charge in [-0.3, -0.25) is 4.57 Å². The highest BCUT2D eigenvalue weighted by Gasteiger charge is 2.19. The number of nitrogens with zero attached hydrogens (tertiary/aromatic N) is 3. The van der Waals surface area contributed by atoms with Crippen molar-refractivity contribution in [2.24, 2.45) is 0 Å². The minimum Gasteiger partial charge on any atom is -0.483 e. The van der Waals surface area contributed by atoms with Crippen LogP contribution in [0.4, 0.5) is 0 Å². The van der Waals surface area contributed by atoms with Gasteiger partial charge in [0, 0.05) is 22.3 Å². The van der Waals surface area contributed by atoms with Gasteiger partial charge in [-0.1, -0.05) is 65.3 Å². The first kappa shape index (κ1) is 19.8. The number of benzene rings is 2. The first-order valence-corrected chi connectivity index (χ1v) is 10.2. The summed E-state index contributed by atoms with van der Waals surface area (Å²) in [4.78, 5) is 0.